The Labute approximate surface area is 262 Å². The third kappa shape index (κ3) is 2.55. The van der Waals surface area contributed by atoms with Crippen molar-refractivity contribution in [3.05, 3.63) is 119 Å². The molecule has 43 heavy (non-hydrogen) atoms. The summed E-state index contributed by atoms with van der Waals surface area (Å²) in [7, 11) is 0. The fourth-order valence-electron chi connectivity index (χ4n) is 8.87. The van der Waals surface area contributed by atoms with E-state index in [1.165, 1.54) is 87.1 Å². The summed E-state index contributed by atoms with van der Waals surface area (Å²) in [5.41, 5.74) is 6.54. The molecule has 0 radical (unpaired) electrons. The van der Waals surface area contributed by atoms with E-state index in [0.29, 0.717) is 11.8 Å². The molecule has 6 aromatic carbocycles. The minimum atomic E-state index is 0.419. The summed E-state index contributed by atoms with van der Waals surface area (Å²) in [5.74, 6) is 0.837. The molecule has 12 rings (SSSR count). The number of hydrogen-bond donors (Lipinski definition) is 0. The fraction of sp³-hybridized carbons (Fsp3) is 0.0769. The summed E-state index contributed by atoms with van der Waals surface area (Å²) >= 11 is 8.04. The highest BCUT2D eigenvalue weighted by molar-refractivity contribution is 7.34. The molecule has 2 bridgehead atoms. The van der Waals surface area contributed by atoms with E-state index in [2.05, 4.69) is 97.1 Å². The molecule has 10 aromatic rings. The molecule has 2 aliphatic carbocycles. The third-order valence-corrected chi connectivity index (χ3v) is 15.3. The third-order valence-electron chi connectivity index (χ3n) is 10.3. The first-order valence-electron chi connectivity index (χ1n) is 14.9. The van der Waals surface area contributed by atoms with Gasteiger partial charge >= 0.3 is 0 Å². The van der Waals surface area contributed by atoms with Crippen molar-refractivity contribution in [3.8, 4) is 0 Å². The molecule has 0 aliphatic heterocycles. The van der Waals surface area contributed by atoms with Gasteiger partial charge in [0.05, 0.1) is 18.8 Å². The molecule has 0 spiro atoms. The first-order chi connectivity index (χ1) is 21.3. The van der Waals surface area contributed by atoms with Gasteiger partial charge in [0, 0.05) is 73.7 Å². The first-order valence-corrected chi connectivity index (χ1v) is 18.2. The van der Waals surface area contributed by atoms with Crippen LogP contribution in [0.15, 0.2) is 97.1 Å². The molecule has 0 nitrogen and oxygen atoms in total. The number of fused-ring (bicyclic) bond motifs is 26. The van der Waals surface area contributed by atoms with Gasteiger partial charge in [-0.25, -0.2) is 0 Å². The van der Waals surface area contributed by atoms with Crippen molar-refractivity contribution >= 4 is 126 Å². The second-order valence-corrected chi connectivity index (χ2v) is 16.4. The maximum Gasteiger partial charge on any atom is 0.0537 e. The highest BCUT2D eigenvalue weighted by Gasteiger charge is 2.47. The van der Waals surface area contributed by atoms with Crippen molar-refractivity contribution in [2.75, 3.05) is 0 Å². The van der Waals surface area contributed by atoms with Gasteiger partial charge in [-0.15, -0.1) is 45.3 Å². The van der Waals surface area contributed by atoms with Gasteiger partial charge in [-0.05, 0) is 52.9 Å². The van der Waals surface area contributed by atoms with E-state index in [0.717, 1.165) is 0 Å². The monoisotopic (exact) mass is 616 g/mol. The summed E-state index contributed by atoms with van der Waals surface area (Å²) in [6.07, 6.45) is 1.19. The van der Waals surface area contributed by atoms with Crippen LogP contribution < -0.4 is 0 Å². The summed E-state index contributed by atoms with van der Waals surface area (Å²) in [6.45, 7) is 0. The second kappa shape index (κ2) is 7.64. The molecular weight excluding hydrogens is 597 g/mol. The van der Waals surface area contributed by atoms with Gasteiger partial charge in [0.15, 0.2) is 0 Å². The summed E-state index contributed by atoms with van der Waals surface area (Å²) in [4.78, 5) is 0. The lowest BCUT2D eigenvalue weighted by molar-refractivity contribution is 0.803. The van der Waals surface area contributed by atoms with Crippen LogP contribution in [0.3, 0.4) is 0 Å². The number of benzene rings is 6. The maximum absolute atomic E-state index is 2.38. The second-order valence-electron chi connectivity index (χ2n) is 12.2. The Morgan fingerprint density at radius 3 is 0.884 bits per heavy atom. The molecule has 0 fully saturated rings. The van der Waals surface area contributed by atoms with Gasteiger partial charge in [0.2, 0.25) is 0 Å². The molecule has 200 valence electrons. The molecule has 0 atom stereocenters. The Balaban J connectivity index is 1.36. The molecule has 0 N–H and O–H groups in total. The molecule has 4 aromatic heterocycles. The van der Waals surface area contributed by atoms with E-state index in [4.69, 9.17) is 0 Å². The zero-order valence-corrected chi connectivity index (χ0v) is 26.0. The van der Waals surface area contributed by atoms with Gasteiger partial charge in [0.25, 0.3) is 0 Å². The topological polar surface area (TPSA) is 0 Å². The van der Waals surface area contributed by atoms with E-state index >= 15 is 0 Å². The van der Waals surface area contributed by atoms with Crippen LogP contribution in [-0.2, 0) is 0 Å². The molecule has 0 saturated heterocycles. The van der Waals surface area contributed by atoms with Crippen molar-refractivity contribution in [2.45, 2.75) is 18.3 Å². The van der Waals surface area contributed by atoms with Crippen molar-refractivity contribution in [2.24, 2.45) is 0 Å². The van der Waals surface area contributed by atoms with Crippen LogP contribution >= 0.6 is 45.3 Å². The van der Waals surface area contributed by atoms with Gasteiger partial charge in [0.1, 0.15) is 0 Å². The Kier molecular flexibility index (Phi) is 4.03. The predicted molar refractivity (Wildman–Crippen MR) is 193 cm³/mol. The summed E-state index contributed by atoms with van der Waals surface area (Å²) in [5, 5.41) is 11.9. The zero-order valence-electron chi connectivity index (χ0n) is 22.7. The van der Waals surface area contributed by atoms with E-state index < -0.39 is 0 Å². The van der Waals surface area contributed by atoms with Crippen molar-refractivity contribution in [1.29, 1.82) is 0 Å². The lowest BCUT2D eigenvalue weighted by atomic mass is 9.79. The number of rotatable bonds is 0. The number of hydrogen-bond acceptors (Lipinski definition) is 4. The first kappa shape index (κ1) is 22.7. The Bertz CT molecular complexity index is 2490. The molecular formula is C39H20S4. The smallest absolute Gasteiger partial charge is 0.0537 e. The predicted octanol–water partition coefficient (Wildman–Crippen LogP) is 13.1. The Hall–Kier alpha value is -3.80. The molecule has 0 unspecified atom stereocenters. The highest BCUT2D eigenvalue weighted by atomic mass is 32.1. The lowest BCUT2D eigenvalue weighted by Crippen LogP contribution is -2.05. The van der Waals surface area contributed by atoms with Crippen molar-refractivity contribution in [1.82, 2.24) is 0 Å². The lowest BCUT2D eigenvalue weighted by Gasteiger charge is -2.24. The number of thiophene rings is 4. The van der Waals surface area contributed by atoms with Crippen LogP contribution in [-0.4, -0.2) is 0 Å². The highest BCUT2D eigenvalue weighted by Crippen LogP contribution is 2.67. The molecule has 4 heterocycles. The Morgan fingerprint density at radius 2 is 0.605 bits per heavy atom. The van der Waals surface area contributed by atoms with Crippen LogP contribution in [0.1, 0.15) is 40.5 Å². The quantitative estimate of drug-likeness (QED) is 0.159. The normalized spacial score (nSPS) is 17.7. The molecule has 2 aliphatic rings. The van der Waals surface area contributed by atoms with E-state index in [1.807, 2.05) is 45.3 Å². The average Bonchev–Trinajstić information content (AvgIpc) is 3.87. The molecule has 4 heteroatoms. The van der Waals surface area contributed by atoms with Crippen LogP contribution in [0, 0.1) is 0 Å². The standard InChI is InChI=1S/C39H20S4/c1-5-13-24-18(9-1)32-28-22-17-23(29(28)33-19-10-2-6-14-25(19)41-37(33)36(32)40-24)31-30(22)34-20-11-3-7-15-26(20)42-38(34)39-35(31)21-12-4-8-16-27(21)43-39/h1-16,22-23H,17H2. The SMILES string of the molecule is c1ccc2c(c1)sc1c3sc4ccccc4c3c3c(c21)C1CC3c2c1c1c3ccccc3sc1c1sc3ccccc3c21. The van der Waals surface area contributed by atoms with E-state index in [-0.39, 0.29) is 0 Å². The fourth-order valence-corrected chi connectivity index (χ4v) is 14.0. The largest absolute Gasteiger partial charge is 0.134 e. The maximum atomic E-state index is 2.38. The van der Waals surface area contributed by atoms with E-state index in [1.54, 1.807) is 22.3 Å². The summed E-state index contributed by atoms with van der Waals surface area (Å²) in [6, 6.07) is 36.6. The minimum absolute atomic E-state index is 0.419. The molecule has 0 amide bonds. The Morgan fingerprint density at radius 1 is 0.349 bits per heavy atom. The van der Waals surface area contributed by atoms with E-state index in [9.17, 15) is 0 Å². The van der Waals surface area contributed by atoms with Crippen molar-refractivity contribution in [3.63, 3.8) is 0 Å². The van der Waals surface area contributed by atoms with Gasteiger partial charge in [-0.2, -0.15) is 0 Å². The average molecular weight is 617 g/mol. The van der Waals surface area contributed by atoms with Gasteiger partial charge < -0.3 is 0 Å². The molecule has 0 saturated carbocycles. The van der Waals surface area contributed by atoms with Crippen molar-refractivity contribution < 1.29 is 0 Å². The van der Waals surface area contributed by atoms with Crippen LogP contribution in [0.25, 0.3) is 80.7 Å². The van der Waals surface area contributed by atoms with Crippen LogP contribution in [0.2, 0.25) is 0 Å². The van der Waals surface area contributed by atoms with Crippen LogP contribution in [0.4, 0.5) is 0 Å². The summed E-state index contributed by atoms with van der Waals surface area (Å²) < 4.78 is 11.7. The minimum Gasteiger partial charge on any atom is -0.134 e. The van der Waals surface area contributed by atoms with Gasteiger partial charge in [-0.3, -0.25) is 0 Å². The van der Waals surface area contributed by atoms with Crippen LogP contribution in [0.5, 0.6) is 0 Å². The van der Waals surface area contributed by atoms with Gasteiger partial charge in [-0.1, -0.05) is 72.8 Å². The zero-order chi connectivity index (χ0) is 27.6.